The van der Waals surface area contributed by atoms with Crippen molar-refractivity contribution in [1.82, 2.24) is 0 Å². The number of benzene rings is 1. The molecule has 1 fully saturated rings. The molecule has 1 aliphatic heterocycles. The molecule has 0 aromatic heterocycles. The van der Waals surface area contributed by atoms with Crippen LogP contribution < -0.4 is 0 Å². The first-order valence-corrected chi connectivity index (χ1v) is 6.62. The molecule has 3 rings (SSSR count). The van der Waals surface area contributed by atoms with Crippen molar-refractivity contribution in [2.75, 3.05) is 0 Å². The highest BCUT2D eigenvalue weighted by Crippen LogP contribution is 2.49. The van der Waals surface area contributed by atoms with Gasteiger partial charge < -0.3 is 4.74 Å². The summed E-state index contributed by atoms with van der Waals surface area (Å²) in [6.07, 6.45) is 5.60. The highest BCUT2D eigenvalue weighted by molar-refractivity contribution is 8.00. The van der Waals surface area contributed by atoms with Gasteiger partial charge in [-0.2, -0.15) is 0 Å². The van der Waals surface area contributed by atoms with Gasteiger partial charge in [0, 0.05) is 4.90 Å². The average molecular weight is 234 g/mol. The van der Waals surface area contributed by atoms with Crippen LogP contribution in [-0.2, 0) is 4.74 Å². The predicted molar refractivity (Wildman–Crippen MR) is 63.5 cm³/mol. The molecule has 1 saturated carbocycles. The summed E-state index contributed by atoms with van der Waals surface area (Å²) >= 11 is 1.74. The van der Waals surface area contributed by atoms with Crippen molar-refractivity contribution in [2.45, 2.75) is 41.9 Å². The molecule has 1 heterocycles. The summed E-state index contributed by atoms with van der Waals surface area (Å²) in [6, 6.07) is 7.75. The summed E-state index contributed by atoms with van der Waals surface area (Å²) in [5.74, 6) is -0.142. The molecular weight excluding hydrogens is 220 g/mol. The zero-order valence-electron chi connectivity index (χ0n) is 9.07. The molecule has 0 N–H and O–H groups in total. The zero-order chi connectivity index (χ0) is 11.0. The molecule has 84 valence electrons. The first kappa shape index (κ1) is 10.2. The van der Waals surface area contributed by atoms with Gasteiger partial charge in [-0.05, 0) is 37.8 Å². The third-order valence-corrected chi connectivity index (χ3v) is 4.74. The Labute approximate surface area is 99.4 Å². The van der Waals surface area contributed by atoms with E-state index in [9.17, 15) is 4.79 Å². The molecule has 3 heteroatoms. The van der Waals surface area contributed by atoms with E-state index in [1.54, 1.807) is 11.8 Å². The normalized spacial score (nSPS) is 22.6. The molecular formula is C13H14O2S. The molecule has 16 heavy (non-hydrogen) atoms. The fraction of sp³-hybridized carbons (Fsp3) is 0.462. The third-order valence-electron chi connectivity index (χ3n) is 3.30. The maximum absolute atomic E-state index is 11.9. The van der Waals surface area contributed by atoms with Crippen LogP contribution in [0, 0.1) is 0 Å². The zero-order valence-corrected chi connectivity index (χ0v) is 9.89. The molecule has 1 aliphatic carbocycles. The van der Waals surface area contributed by atoms with Crippen molar-refractivity contribution in [3.05, 3.63) is 29.8 Å². The lowest BCUT2D eigenvalue weighted by Crippen LogP contribution is -2.37. The minimum atomic E-state index is -0.260. The van der Waals surface area contributed by atoms with E-state index in [4.69, 9.17) is 4.74 Å². The van der Waals surface area contributed by atoms with Crippen molar-refractivity contribution >= 4 is 17.7 Å². The summed E-state index contributed by atoms with van der Waals surface area (Å²) in [4.78, 5) is 12.7. The number of rotatable bonds is 0. The van der Waals surface area contributed by atoms with E-state index in [0.29, 0.717) is 0 Å². The summed E-state index contributed by atoms with van der Waals surface area (Å²) in [7, 11) is 0. The minimum Gasteiger partial charge on any atom is -0.444 e. The molecule has 2 nitrogen and oxygen atoms in total. The molecule has 2 aliphatic rings. The Bertz CT molecular complexity index is 422. The fourth-order valence-corrected chi connectivity index (χ4v) is 3.88. The molecule has 0 saturated heterocycles. The second kappa shape index (κ2) is 3.81. The molecule has 0 amide bonds. The number of carbonyl (C=O) groups is 1. The van der Waals surface area contributed by atoms with Gasteiger partial charge in [0.1, 0.15) is 0 Å². The van der Waals surface area contributed by atoms with E-state index in [2.05, 4.69) is 0 Å². The Morgan fingerprint density at radius 2 is 1.88 bits per heavy atom. The number of hydrogen-bond donors (Lipinski definition) is 0. The standard InChI is InChI=1S/C13H14O2S/c14-12-10-6-2-3-7-11(10)16-13(15-12)8-4-1-5-9-13/h2-3,6-7H,1,4-5,8-9H2. The van der Waals surface area contributed by atoms with E-state index in [0.717, 1.165) is 23.3 Å². The average Bonchev–Trinajstić information content (AvgIpc) is 2.30. The summed E-state index contributed by atoms with van der Waals surface area (Å²) in [6.45, 7) is 0. The van der Waals surface area contributed by atoms with Crippen LogP contribution in [0.5, 0.6) is 0 Å². The lowest BCUT2D eigenvalue weighted by Gasteiger charge is -2.39. The summed E-state index contributed by atoms with van der Waals surface area (Å²) < 4.78 is 5.67. The molecule has 0 bridgehead atoms. The molecule has 0 atom stereocenters. The van der Waals surface area contributed by atoms with Crippen LogP contribution in [0.25, 0.3) is 0 Å². The van der Waals surface area contributed by atoms with Gasteiger partial charge in [-0.3, -0.25) is 0 Å². The Morgan fingerprint density at radius 3 is 2.69 bits per heavy atom. The Kier molecular flexibility index (Phi) is 2.43. The monoisotopic (exact) mass is 234 g/mol. The largest absolute Gasteiger partial charge is 0.444 e. The summed E-state index contributed by atoms with van der Waals surface area (Å²) in [5.41, 5.74) is 0.726. The quantitative estimate of drug-likeness (QED) is 0.641. The number of carbonyl (C=O) groups excluding carboxylic acids is 1. The molecule has 1 aromatic carbocycles. The van der Waals surface area contributed by atoms with Gasteiger partial charge in [0.05, 0.1) is 5.56 Å². The van der Waals surface area contributed by atoms with Crippen LogP contribution in [0.1, 0.15) is 42.5 Å². The van der Waals surface area contributed by atoms with Crippen LogP contribution in [0.4, 0.5) is 0 Å². The highest BCUT2D eigenvalue weighted by Gasteiger charge is 2.41. The molecule has 0 radical (unpaired) electrons. The van der Waals surface area contributed by atoms with Crippen molar-refractivity contribution < 1.29 is 9.53 Å². The van der Waals surface area contributed by atoms with Crippen LogP contribution in [-0.4, -0.2) is 10.9 Å². The molecule has 1 spiro atoms. The topological polar surface area (TPSA) is 26.3 Å². The third kappa shape index (κ3) is 1.63. The van der Waals surface area contributed by atoms with E-state index >= 15 is 0 Å². The number of hydrogen-bond acceptors (Lipinski definition) is 3. The maximum atomic E-state index is 11.9. The second-order valence-electron chi connectivity index (χ2n) is 4.46. The lowest BCUT2D eigenvalue weighted by molar-refractivity contribution is 0.00553. The van der Waals surface area contributed by atoms with E-state index in [1.165, 1.54) is 19.3 Å². The Hall–Kier alpha value is -0.960. The van der Waals surface area contributed by atoms with Crippen molar-refractivity contribution in [3.8, 4) is 0 Å². The number of esters is 1. The van der Waals surface area contributed by atoms with Crippen LogP contribution in [0.3, 0.4) is 0 Å². The fourth-order valence-electron chi connectivity index (χ4n) is 2.46. The predicted octanol–water partition coefficient (Wildman–Crippen LogP) is 3.61. The van der Waals surface area contributed by atoms with Crippen molar-refractivity contribution in [1.29, 1.82) is 0 Å². The second-order valence-corrected chi connectivity index (χ2v) is 5.85. The van der Waals surface area contributed by atoms with Gasteiger partial charge in [-0.15, -0.1) is 0 Å². The van der Waals surface area contributed by atoms with Crippen LogP contribution >= 0.6 is 11.8 Å². The van der Waals surface area contributed by atoms with Gasteiger partial charge in [-0.25, -0.2) is 4.79 Å². The van der Waals surface area contributed by atoms with E-state index in [-0.39, 0.29) is 10.9 Å². The molecule has 0 unspecified atom stereocenters. The first-order chi connectivity index (χ1) is 7.79. The van der Waals surface area contributed by atoms with Crippen molar-refractivity contribution in [3.63, 3.8) is 0 Å². The minimum absolute atomic E-state index is 0.142. The van der Waals surface area contributed by atoms with Crippen LogP contribution in [0.2, 0.25) is 0 Å². The Morgan fingerprint density at radius 1 is 1.12 bits per heavy atom. The molecule has 1 aromatic rings. The van der Waals surface area contributed by atoms with Gasteiger partial charge >= 0.3 is 5.97 Å². The Balaban J connectivity index is 1.96. The lowest BCUT2D eigenvalue weighted by atomic mass is 9.97. The number of thioether (sulfide) groups is 1. The van der Waals surface area contributed by atoms with Gasteiger partial charge in [0.2, 0.25) is 0 Å². The maximum Gasteiger partial charge on any atom is 0.340 e. The SMILES string of the molecule is O=C1OC2(CCCCC2)Sc2ccccc21. The van der Waals surface area contributed by atoms with Crippen molar-refractivity contribution in [2.24, 2.45) is 0 Å². The smallest absolute Gasteiger partial charge is 0.340 e. The number of ether oxygens (including phenoxy) is 1. The van der Waals surface area contributed by atoms with Gasteiger partial charge in [-0.1, -0.05) is 30.3 Å². The number of fused-ring (bicyclic) bond motifs is 1. The van der Waals surface area contributed by atoms with E-state index in [1.807, 2.05) is 24.3 Å². The van der Waals surface area contributed by atoms with Gasteiger partial charge in [0.15, 0.2) is 4.93 Å². The highest BCUT2D eigenvalue weighted by atomic mass is 32.2. The van der Waals surface area contributed by atoms with Crippen LogP contribution in [0.15, 0.2) is 29.2 Å². The summed E-state index contributed by atoms with van der Waals surface area (Å²) in [5, 5.41) is 0. The van der Waals surface area contributed by atoms with Gasteiger partial charge in [0.25, 0.3) is 0 Å². The first-order valence-electron chi connectivity index (χ1n) is 5.81. The van der Waals surface area contributed by atoms with E-state index < -0.39 is 0 Å².